The number of nitrogens with one attached hydrogen (secondary N) is 1. The highest BCUT2D eigenvalue weighted by Gasteiger charge is 2.25. The van der Waals surface area contributed by atoms with Crippen molar-refractivity contribution in [1.82, 2.24) is 15.2 Å². The van der Waals surface area contributed by atoms with E-state index in [2.05, 4.69) is 10.5 Å². The molecule has 6 nitrogen and oxygen atoms in total. The topological polar surface area (TPSA) is 90.0 Å². The molecule has 2 unspecified atom stereocenters. The first kappa shape index (κ1) is 14.1. The molecule has 0 radical (unpaired) electrons. The molecule has 0 aliphatic heterocycles. The number of hydrogen-bond donors (Lipinski definition) is 2. The standard InChI is InChI=1S/C10H20N4O2S/c1-4-14-7-9(6-12-14)5-10(13-11)8(2)17(3,15)16/h6-8,10,13H,4-5,11H2,1-3H3. The molecule has 3 N–H and O–H groups in total. The van der Waals surface area contributed by atoms with Crippen LogP contribution in [-0.4, -0.2) is 35.7 Å². The number of hydrogen-bond acceptors (Lipinski definition) is 5. The van der Waals surface area contributed by atoms with Crippen molar-refractivity contribution in [3.8, 4) is 0 Å². The van der Waals surface area contributed by atoms with E-state index in [9.17, 15) is 8.42 Å². The average Bonchev–Trinajstić information content (AvgIpc) is 2.71. The third kappa shape index (κ3) is 3.79. The second-order valence-corrected chi connectivity index (χ2v) is 6.62. The fraction of sp³-hybridized carbons (Fsp3) is 0.700. The smallest absolute Gasteiger partial charge is 0.151 e. The van der Waals surface area contributed by atoms with Crippen LogP contribution in [0.4, 0.5) is 0 Å². The molecule has 0 spiro atoms. The van der Waals surface area contributed by atoms with Crippen molar-refractivity contribution in [1.29, 1.82) is 0 Å². The van der Waals surface area contributed by atoms with E-state index in [0.717, 1.165) is 12.1 Å². The molecule has 1 rings (SSSR count). The summed E-state index contributed by atoms with van der Waals surface area (Å²) in [5, 5.41) is 3.61. The molecule has 0 aliphatic rings. The lowest BCUT2D eigenvalue weighted by atomic mass is 10.1. The van der Waals surface area contributed by atoms with Crippen molar-refractivity contribution in [3.05, 3.63) is 18.0 Å². The van der Waals surface area contributed by atoms with Crippen molar-refractivity contribution in [2.24, 2.45) is 5.84 Å². The zero-order valence-electron chi connectivity index (χ0n) is 10.4. The molecule has 0 saturated heterocycles. The summed E-state index contributed by atoms with van der Waals surface area (Å²) in [5.41, 5.74) is 3.55. The van der Waals surface area contributed by atoms with Crippen LogP contribution in [0.2, 0.25) is 0 Å². The Kier molecular flexibility index (Phi) is 4.67. The van der Waals surface area contributed by atoms with E-state index in [0.29, 0.717) is 6.42 Å². The molecule has 0 fully saturated rings. The van der Waals surface area contributed by atoms with Crippen LogP contribution in [0.15, 0.2) is 12.4 Å². The molecule has 1 aromatic heterocycles. The summed E-state index contributed by atoms with van der Waals surface area (Å²) in [5.74, 6) is 5.42. The fourth-order valence-corrected chi connectivity index (χ4v) is 2.37. The first-order valence-corrected chi connectivity index (χ1v) is 7.50. The van der Waals surface area contributed by atoms with Gasteiger partial charge in [-0.1, -0.05) is 0 Å². The SMILES string of the molecule is CCn1cc(CC(NN)C(C)S(C)(=O)=O)cn1. The molecular formula is C10H20N4O2S. The van der Waals surface area contributed by atoms with Gasteiger partial charge in [0, 0.05) is 25.0 Å². The summed E-state index contributed by atoms with van der Waals surface area (Å²) in [6.07, 6.45) is 5.41. The van der Waals surface area contributed by atoms with Gasteiger partial charge in [0.05, 0.1) is 11.4 Å². The second kappa shape index (κ2) is 5.61. The predicted octanol–water partition coefficient (Wildman–Crippen LogP) is -0.289. The van der Waals surface area contributed by atoms with E-state index >= 15 is 0 Å². The van der Waals surface area contributed by atoms with E-state index < -0.39 is 15.1 Å². The lowest BCUT2D eigenvalue weighted by molar-refractivity contribution is 0.494. The van der Waals surface area contributed by atoms with Crippen LogP contribution < -0.4 is 11.3 Å². The van der Waals surface area contributed by atoms with Gasteiger partial charge < -0.3 is 0 Å². The molecule has 0 aliphatic carbocycles. The van der Waals surface area contributed by atoms with Crippen molar-refractivity contribution in [2.45, 2.75) is 38.1 Å². The number of nitrogens with two attached hydrogens (primary N) is 1. The molecule has 7 heteroatoms. The third-order valence-electron chi connectivity index (χ3n) is 2.92. The maximum Gasteiger partial charge on any atom is 0.151 e. The van der Waals surface area contributed by atoms with Gasteiger partial charge in [-0.15, -0.1) is 0 Å². The Morgan fingerprint density at radius 3 is 2.65 bits per heavy atom. The quantitative estimate of drug-likeness (QED) is 0.542. The minimum Gasteiger partial charge on any atom is -0.273 e. The van der Waals surface area contributed by atoms with Gasteiger partial charge in [0.25, 0.3) is 0 Å². The van der Waals surface area contributed by atoms with Crippen molar-refractivity contribution in [3.63, 3.8) is 0 Å². The number of aromatic nitrogens is 2. The Balaban J connectivity index is 2.76. The Morgan fingerprint density at radius 2 is 2.24 bits per heavy atom. The zero-order chi connectivity index (χ0) is 13.1. The van der Waals surface area contributed by atoms with Crippen LogP contribution in [0.1, 0.15) is 19.4 Å². The van der Waals surface area contributed by atoms with Crippen LogP contribution >= 0.6 is 0 Å². The van der Waals surface area contributed by atoms with Gasteiger partial charge in [-0.2, -0.15) is 5.10 Å². The summed E-state index contributed by atoms with van der Waals surface area (Å²) in [6, 6.07) is -0.306. The summed E-state index contributed by atoms with van der Waals surface area (Å²) in [6.45, 7) is 4.45. The minimum absolute atomic E-state index is 0.306. The molecule has 0 amide bonds. The van der Waals surface area contributed by atoms with Crippen LogP contribution in [0.3, 0.4) is 0 Å². The first-order valence-electron chi connectivity index (χ1n) is 5.54. The van der Waals surface area contributed by atoms with Gasteiger partial charge in [0.2, 0.25) is 0 Å². The largest absolute Gasteiger partial charge is 0.273 e. The second-order valence-electron chi connectivity index (χ2n) is 4.22. The van der Waals surface area contributed by atoms with Crippen molar-refractivity contribution >= 4 is 9.84 Å². The highest BCUT2D eigenvalue weighted by molar-refractivity contribution is 7.91. The Morgan fingerprint density at radius 1 is 1.59 bits per heavy atom. The van der Waals surface area contributed by atoms with E-state index in [1.807, 2.05) is 13.1 Å². The lowest BCUT2D eigenvalue weighted by Gasteiger charge is -2.21. The number of nitrogens with zero attached hydrogens (tertiary/aromatic N) is 2. The number of hydrazine groups is 1. The molecular weight excluding hydrogens is 240 g/mol. The summed E-state index contributed by atoms with van der Waals surface area (Å²) < 4.78 is 24.7. The van der Waals surface area contributed by atoms with Crippen LogP contribution in [0.5, 0.6) is 0 Å². The van der Waals surface area contributed by atoms with E-state index in [-0.39, 0.29) is 6.04 Å². The Bertz CT molecular complexity index is 455. The fourth-order valence-electron chi connectivity index (χ4n) is 1.60. The molecule has 2 atom stereocenters. The van der Waals surface area contributed by atoms with Crippen LogP contribution in [0.25, 0.3) is 0 Å². The molecule has 0 aromatic carbocycles. The highest BCUT2D eigenvalue weighted by Crippen LogP contribution is 2.10. The molecule has 0 saturated carbocycles. The van der Waals surface area contributed by atoms with Gasteiger partial charge in [0.1, 0.15) is 0 Å². The monoisotopic (exact) mass is 260 g/mol. The average molecular weight is 260 g/mol. The number of sulfone groups is 1. The van der Waals surface area contributed by atoms with E-state index in [1.165, 1.54) is 6.26 Å². The molecule has 17 heavy (non-hydrogen) atoms. The molecule has 0 bridgehead atoms. The van der Waals surface area contributed by atoms with Gasteiger partial charge in [0.15, 0.2) is 9.84 Å². The summed E-state index contributed by atoms with van der Waals surface area (Å²) >= 11 is 0. The predicted molar refractivity (Wildman–Crippen MR) is 67.0 cm³/mol. The highest BCUT2D eigenvalue weighted by atomic mass is 32.2. The Hall–Kier alpha value is -0.920. The number of rotatable bonds is 6. The van der Waals surface area contributed by atoms with Gasteiger partial charge >= 0.3 is 0 Å². The third-order valence-corrected chi connectivity index (χ3v) is 4.60. The van der Waals surface area contributed by atoms with Gasteiger partial charge in [-0.05, 0) is 25.8 Å². The van der Waals surface area contributed by atoms with E-state index in [4.69, 9.17) is 5.84 Å². The minimum atomic E-state index is -3.10. The van der Waals surface area contributed by atoms with Crippen molar-refractivity contribution in [2.75, 3.05) is 6.26 Å². The number of aryl methyl sites for hydroxylation is 1. The molecule has 1 heterocycles. The van der Waals surface area contributed by atoms with Gasteiger partial charge in [-0.3, -0.25) is 16.0 Å². The maximum atomic E-state index is 11.5. The van der Waals surface area contributed by atoms with Gasteiger partial charge in [-0.25, -0.2) is 8.42 Å². The lowest BCUT2D eigenvalue weighted by Crippen LogP contribution is -2.47. The molecule has 1 aromatic rings. The first-order chi connectivity index (χ1) is 7.88. The van der Waals surface area contributed by atoms with Crippen molar-refractivity contribution < 1.29 is 8.42 Å². The maximum absolute atomic E-state index is 11.5. The van der Waals surface area contributed by atoms with Crippen LogP contribution in [0, 0.1) is 0 Å². The normalized spacial score (nSPS) is 15.8. The Labute approximate surface area is 102 Å². The molecule has 98 valence electrons. The zero-order valence-corrected chi connectivity index (χ0v) is 11.2. The van der Waals surface area contributed by atoms with E-state index in [1.54, 1.807) is 17.8 Å². The summed E-state index contributed by atoms with van der Waals surface area (Å²) in [7, 11) is -3.10. The summed E-state index contributed by atoms with van der Waals surface area (Å²) in [4.78, 5) is 0. The van der Waals surface area contributed by atoms with Crippen LogP contribution in [-0.2, 0) is 22.8 Å².